The van der Waals surface area contributed by atoms with Crippen molar-refractivity contribution in [3.05, 3.63) is 59.2 Å². The molecule has 0 saturated heterocycles. The minimum atomic E-state index is -0.631. The van der Waals surface area contributed by atoms with Gasteiger partial charge in [-0.25, -0.2) is 4.79 Å². The summed E-state index contributed by atoms with van der Waals surface area (Å²) in [6.07, 6.45) is 7.69. The Morgan fingerprint density at radius 1 is 1.05 bits per heavy atom. The average molecular weight is 534 g/mol. The van der Waals surface area contributed by atoms with Crippen LogP contribution in [0.2, 0.25) is 0 Å². The number of fused-ring (bicyclic) bond motifs is 1. The number of nitrogens with one attached hydrogen (secondary N) is 3. The number of rotatable bonds is 8. The third-order valence-corrected chi connectivity index (χ3v) is 9.20. The second-order valence-corrected chi connectivity index (χ2v) is 13.2. The largest absolute Gasteiger partial charge is 0.463 e. The van der Waals surface area contributed by atoms with Gasteiger partial charge in [0.25, 0.3) is 0 Å². The smallest absolute Gasteiger partial charge is 0.319 e. The lowest BCUT2D eigenvalue weighted by Gasteiger charge is -2.56. The van der Waals surface area contributed by atoms with Crippen molar-refractivity contribution in [3.63, 3.8) is 0 Å². The number of benzene rings is 2. The Bertz CT molecular complexity index is 1180. The number of ether oxygens (including phenoxy) is 2. The number of hydrogen-bond acceptors (Lipinski definition) is 5. The van der Waals surface area contributed by atoms with Crippen molar-refractivity contribution < 1.29 is 19.4 Å². The lowest BCUT2D eigenvalue weighted by molar-refractivity contribution is -0.180. The molecule has 0 aromatic heterocycles. The molecule has 2 amide bonds. The van der Waals surface area contributed by atoms with Gasteiger partial charge in [0.15, 0.2) is 0 Å². The average Bonchev–Trinajstić information content (AvgIpc) is 2.85. The van der Waals surface area contributed by atoms with E-state index in [-0.39, 0.29) is 17.6 Å². The van der Waals surface area contributed by atoms with E-state index < -0.39 is 11.9 Å². The van der Waals surface area contributed by atoms with Crippen LogP contribution < -0.4 is 20.7 Å². The van der Waals surface area contributed by atoms with Gasteiger partial charge in [-0.3, -0.25) is 0 Å². The topological polar surface area (TPSA) is 91.9 Å². The normalized spacial score (nSPS) is 29.7. The molecule has 4 saturated carbocycles. The molecule has 4 bridgehead atoms. The van der Waals surface area contributed by atoms with E-state index in [0.717, 1.165) is 71.6 Å². The van der Waals surface area contributed by atoms with Gasteiger partial charge in [0.05, 0.1) is 12.7 Å². The monoisotopic (exact) mass is 533 g/mol. The molecule has 0 radical (unpaired) electrons. The molecule has 4 aliphatic carbocycles. The lowest BCUT2D eigenvalue weighted by Crippen LogP contribution is -2.60. The van der Waals surface area contributed by atoms with E-state index in [4.69, 9.17) is 9.47 Å². The van der Waals surface area contributed by atoms with E-state index in [9.17, 15) is 9.90 Å². The Morgan fingerprint density at radius 2 is 1.77 bits per heavy atom. The number of anilines is 1. The van der Waals surface area contributed by atoms with Gasteiger partial charge < -0.3 is 30.5 Å². The molecule has 4 fully saturated rings. The SMILES string of the molecule is CC(Cc1cccc(NC(=O)NC23CC4CC(CC(C4)C2)C3)c1)NC[C@@H](O)c1ccc2c(c1)COC(C)(C)O2. The molecule has 7 heteroatoms. The zero-order chi connectivity index (χ0) is 27.2. The van der Waals surface area contributed by atoms with Gasteiger partial charge in [0.2, 0.25) is 5.79 Å². The third kappa shape index (κ3) is 6.11. The molecule has 1 unspecified atom stereocenters. The number of hydrogen-bond donors (Lipinski definition) is 4. The first-order chi connectivity index (χ1) is 18.6. The van der Waals surface area contributed by atoms with E-state index in [0.29, 0.717) is 13.2 Å². The Balaban J connectivity index is 0.992. The molecular weight excluding hydrogens is 490 g/mol. The molecule has 2 atom stereocenters. The van der Waals surface area contributed by atoms with Gasteiger partial charge in [-0.05, 0) is 105 Å². The molecule has 7 nitrogen and oxygen atoms in total. The highest BCUT2D eigenvalue weighted by Crippen LogP contribution is 2.55. The maximum atomic E-state index is 13.0. The maximum Gasteiger partial charge on any atom is 0.319 e. The Hall–Kier alpha value is -2.61. The second-order valence-electron chi connectivity index (χ2n) is 13.2. The van der Waals surface area contributed by atoms with Crippen molar-refractivity contribution in [2.24, 2.45) is 17.8 Å². The van der Waals surface area contributed by atoms with Crippen molar-refractivity contribution in [2.45, 2.75) is 95.8 Å². The van der Waals surface area contributed by atoms with Crippen molar-refractivity contribution >= 4 is 11.7 Å². The van der Waals surface area contributed by atoms with Gasteiger partial charge in [0, 0.05) is 43.2 Å². The van der Waals surface area contributed by atoms with Crippen molar-refractivity contribution in [1.29, 1.82) is 0 Å². The van der Waals surface area contributed by atoms with Gasteiger partial charge in [-0.2, -0.15) is 0 Å². The standard InChI is InChI=1S/C32H43N3O4/c1-20(33-18-28(36)25-7-8-29-26(14-25)19-38-31(2,3)39-29)9-21-5-4-6-27(13-21)34-30(37)35-32-15-22-10-23(16-32)12-24(11-22)17-32/h4-8,13-14,20,22-24,28,33,36H,9-12,15-19H2,1-3H3,(H2,34,35,37)/t20?,22?,23?,24?,28-,32?/m1/s1. The minimum absolute atomic E-state index is 0.00437. The molecule has 5 aliphatic rings. The van der Waals surface area contributed by atoms with Crippen LogP contribution in [0.4, 0.5) is 10.5 Å². The Kier molecular flexibility index (Phi) is 7.11. The summed E-state index contributed by atoms with van der Waals surface area (Å²) in [5.41, 5.74) is 3.77. The van der Waals surface area contributed by atoms with Gasteiger partial charge in [0.1, 0.15) is 5.75 Å². The van der Waals surface area contributed by atoms with Gasteiger partial charge >= 0.3 is 6.03 Å². The van der Waals surface area contributed by atoms with Crippen LogP contribution in [0.25, 0.3) is 0 Å². The molecule has 2 aromatic rings. The molecule has 39 heavy (non-hydrogen) atoms. The molecular formula is C32H43N3O4. The first-order valence-electron chi connectivity index (χ1n) is 14.7. The van der Waals surface area contributed by atoms with Crippen molar-refractivity contribution in [3.8, 4) is 5.75 Å². The fraction of sp³-hybridized carbons (Fsp3) is 0.594. The molecule has 1 heterocycles. The summed E-state index contributed by atoms with van der Waals surface area (Å²) in [5, 5.41) is 20.8. The zero-order valence-corrected chi connectivity index (χ0v) is 23.5. The molecule has 2 aromatic carbocycles. The zero-order valence-electron chi connectivity index (χ0n) is 23.5. The second kappa shape index (κ2) is 10.4. The summed E-state index contributed by atoms with van der Waals surface area (Å²) in [6.45, 7) is 6.82. The summed E-state index contributed by atoms with van der Waals surface area (Å²) >= 11 is 0. The highest BCUT2D eigenvalue weighted by atomic mass is 16.7. The van der Waals surface area contributed by atoms with E-state index >= 15 is 0 Å². The highest BCUT2D eigenvalue weighted by Gasteiger charge is 2.51. The first-order valence-corrected chi connectivity index (χ1v) is 14.7. The number of aliphatic hydroxyl groups is 1. The van der Waals surface area contributed by atoms with Gasteiger partial charge in [-0.15, -0.1) is 0 Å². The molecule has 1 aliphatic heterocycles. The number of urea groups is 1. The summed E-state index contributed by atoms with van der Waals surface area (Å²) in [6, 6.07) is 14.0. The van der Waals surface area contributed by atoms with E-state index in [1.165, 1.54) is 19.3 Å². The number of carbonyl (C=O) groups is 1. The number of carbonyl (C=O) groups excluding carboxylic acids is 1. The maximum absolute atomic E-state index is 13.0. The minimum Gasteiger partial charge on any atom is -0.463 e. The van der Waals surface area contributed by atoms with Crippen LogP contribution in [-0.4, -0.2) is 35.1 Å². The van der Waals surface area contributed by atoms with E-state index in [1.54, 1.807) is 0 Å². The molecule has 0 spiro atoms. The van der Waals surface area contributed by atoms with E-state index in [2.05, 4.69) is 35.0 Å². The van der Waals surface area contributed by atoms with Crippen LogP contribution in [0.1, 0.15) is 82.1 Å². The lowest BCUT2D eigenvalue weighted by atomic mass is 9.53. The Labute approximate surface area is 232 Å². The molecule has 7 rings (SSSR count). The predicted octanol–water partition coefficient (Wildman–Crippen LogP) is 5.68. The highest BCUT2D eigenvalue weighted by molar-refractivity contribution is 5.89. The summed E-state index contributed by atoms with van der Waals surface area (Å²) in [4.78, 5) is 13.0. The van der Waals surface area contributed by atoms with Crippen molar-refractivity contribution in [1.82, 2.24) is 10.6 Å². The van der Waals surface area contributed by atoms with Crippen LogP contribution in [0.5, 0.6) is 5.75 Å². The number of aliphatic hydroxyl groups excluding tert-OH is 1. The van der Waals surface area contributed by atoms with Crippen LogP contribution in [-0.2, 0) is 17.8 Å². The predicted molar refractivity (Wildman–Crippen MR) is 152 cm³/mol. The quantitative estimate of drug-likeness (QED) is 0.351. The summed E-state index contributed by atoms with van der Waals surface area (Å²) in [5.74, 6) is 2.58. The summed E-state index contributed by atoms with van der Waals surface area (Å²) in [7, 11) is 0. The molecule has 210 valence electrons. The molecule has 4 N–H and O–H groups in total. The fourth-order valence-corrected chi connectivity index (χ4v) is 7.86. The van der Waals surface area contributed by atoms with Crippen LogP contribution in [0.15, 0.2) is 42.5 Å². The summed E-state index contributed by atoms with van der Waals surface area (Å²) < 4.78 is 11.6. The Morgan fingerprint density at radius 3 is 2.49 bits per heavy atom. The third-order valence-electron chi connectivity index (χ3n) is 9.20. The van der Waals surface area contributed by atoms with E-state index in [1.807, 2.05) is 44.2 Å². The van der Waals surface area contributed by atoms with Crippen LogP contribution >= 0.6 is 0 Å². The first kappa shape index (κ1) is 26.6. The number of amides is 2. The van der Waals surface area contributed by atoms with Crippen molar-refractivity contribution in [2.75, 3.05) is 11.9 Å². The fourth-order valence-electron chi connectivity index (χ4n) is 7.86. The van der Waals surface area contributed by atoms with Crippen LogP contribution in [0, 0.1) is 17.8 Å². The van der Waals surface area contributed by atoms with Gasteiger partial charge in [-0.1, -0.05) is 18.2 Å². The van der Waals surface area contributed by atoms with Crippen LogP contribution in [0.3, 0.4) is 0 Å².